The SMILES string of the molecule is Cc1ccc(Cl)cc1N1CC[NH+](Cn2nc(C3CC3)n(C3CC3)c2=S)CC1. The third-order valence-corrected chi connectivity index (χ3v) is 6.75. The Bertz CT molecular complexity index is 904. The van der Waals surface area contributed by atoms with Gasteiger partial charge in [-0.3, -0.25) is 0 Å². The fourth-order valence-corrected chi connectivity index (χ4v) is 4.71. The summed E-state index contributed by atoms with van der Waals surface area (Å²) >= 11 is 12.0. The van der Waals surface area contributed by atoms with Gasteiger partial charge in [-0.2, -0.15) is 9.78 Å². The van der Waals surface area contributed by atoms with Crippen molar-refractivity contribution in [2.75, 3.05) is 31.1 Å². The van der Waals surface area contributed by atoms with E-state index in [2.05, 4.69) is 33.2 Å². The monoisotopic (exact) mass is 404 g/mol. The Kier molecular flexibility index (Phi) is 4.53. The smallest absolute Gasteiger partial charge is 0.203 e. The quantitative estimate of drug-likeness (QED) is 0.777. The van der Waals surface area contributed by atoms with Crippen LogP contribution in [0.3, 0.4) is 0 Å². The van der Waals surface area contributed by atoms with Gasteiger partial charge in [0.05, 0.1) is 26.2 Å². The molecule has 2 aliphatic carbocycles. The van der Waals surface area contributed by atoms with Crippen LogP contribution in [0.2, 0.25) is 5.02 Å². The molecule has 1 saturated heterocycles. The first-order valence-electron chi connectivity index (χ1n) is 10.1. The molecule has 2 saturated carbocycles. The van der Waals surface area contributed by atoms with Gasteiger partial charge in [-0.25, -0.2) is 0 Å². The molecule has 0 unspecified atom stereocenters. The molecule has 0 spiro atoms. The fourth-order valence-electron chi connectivity index (χ4n) is 4.19. The van der Waals surface area contributed by atoms with Gasteiger partial charge in [-0.1, -0.05) is 17.7 Å². The van der Waals surface area contributed by atoms with Crippen LogP contribution in [0.1, 0.15) is 49.0 Å². The molecule has 5 nitrogen and oxygen atoms in total. The Hall–Kier alpha value is -1.37. The summed E-state index contributed by atoms with van der Waals surface area (Å²) in [5.74, 6) is 1.92. The Morgan fingerprint density at radius 1 is 1.19 bits per heavy atom. The number of hydrogen-bond donors (Lipinski definition) is 1. The van der Waals surface area contributed by atoms with Crippen LogP contribution >= 0.6 is 23.8 Å². The molecule has 1 N–H and O–H groups in total. The number of piperazine rings is 1. The molecule has 1 aliphatic heterocycles. The molecular formula is C20H27ClN5S+. The first-order valence-corrected chi connectivity index (χ1v) is 10.9. The molecule has 1 aromatic heterocycles. The van der Waals surface area contributed by atoms with Gasteiger partial charge in [0.2, 0.25) is 4.77 Å². The second-order valence-corrected chi connectivity index (χ2v) is 9.14. The predicted octanol–water partition coefficient (Wildman–Crippen LogP) is 2.95. The topological polar surface area (TPSA) is 30.4 Å². The van der Waals surface area contributed by atoms with Gasteiger partial charge in [-0.05, 0) is 62.5 Å². The number of aryl methyl sites for hydroxylation is 1. The van der Waals surface area contributed by atoms with Gasteiger partial charge in [-0.15, -0.1) is 0 Å². The Balaban J connectivity index is 1.28. The predicted molar refractivity (Wildman–Crippen MR) is 110 cm³/mol. The van der Waals surface area contributed by atoms with Crippen LogP contribution in [-0.4, -0.2) is 40.5 Å². The van der Waals surface area contributed by atoms with Gasteiger partial charge >= 0.3 is 0 Å². The zero-order valence-corrected chi connectivity index (χ0v) is 17.4. The summed E-state index contributed by atoms with van der Waals surface area (Å²) in [7, 11) is 0. The number of nitrogens with one attached hydrogen (secondary N) is 1. The number of halogens is 1. The lowest BCUT2D eigenvalue weighted by Gasteiger charge is -2.34. The number of quaternary nitrogens is 1. The number of nitrogens with zero attached hydrogens (tertiary/aromatic N) is 4. The lowest BCUT2D eigenvalue weighted by molar-refractivity contribution is -0.924. The van der Waals surface area contributed by atoms with Crippen molar-refractivity contribution in [2.45, 2.75) is 51.2 Å². The normalized spacial score (nSPS) is 21.0. The number of benzene rings is 1. The number of hydrogen-bond acceptors (Lipinski definition) is 3. The summed E-state index contributed by atoms with van der Waals surface area (Å²) in [6.07, 6.45) is 5.10. The highest BCUT2D eigenvalue weighted by Gasteiger charge is 2.36. The van der Waals surface area contributed by atoms with Crippen molar-refractivity contribution in [3.8, 4) is 0 Å². The Labute approximate surface area is 170 Å². The van der Waals surface area contributed by atoms with E-state index in [9.17, 15) is 0 Å². The van der Waals surface area contributed by atoms with E-state index >= 15 is 0 Å². The molecule has 5 rings (SSSR count). The maximum absolute atomic E-state index is 6.21. The number of rotatable bonds is 5. The molecule has 0 atom stereocenters. The molecule has 7 heteroatoms. The van der Waals surface area contributed by atoms with Crippen LogP contribution < -0.4 is 9.80 Å². The molecule has 1 aromatic carbocycles. The van der Waals surface area contributed by atoms with E-state index in [0.717, 1.165) is 42.6 Å². The van der Waals surface area contributed by atoms with Crippen molar-refractivity contribution in [1.29, 1.82) is 0 Å². The highest BCUT2D eigenvalue weighted by molar-refractivity contribution is 7.71. The molecule has 27 heavy (non-hydrogen) atoms. The molecule has 3 aliphatic rings. The molecular weight excluding hydrogens is 378 g/mol. The number of aromatic nitrogens is 3. The average molecular weight is 405 g/mol. The number of anilines is 1. The molecule has 0 bridgehead atoms. The van der Waals surface area contributed by atoms with E-state index in [-0.39, 0.29) is 0 Å². The zero-order valence-electron chi connectivity index (χ0n) is 15.8. The van der Waals surface area contributed by atoms with Crippen molar-refractivity contribution in [2.24, 2.45) is 0 Å². The lowest BCUT2D eigenvalue weighted by atomic mass is 10.1. The minimum Gasteiger partial charge on any atom is -0.360 e. The van der Waals surface area contributed by atoms with Crippen LogP contribution in [0.4, 0.5) is 5.69 Å². The summed E-state index contributed by atoms with van der Waals surface area (Å²) in [4.78, 5) is 4.02. The highest BCUT2D eigenvalue weighted by atomic mass is 35.5. The van der Waals surface area contributed by atoms with Crippen molar-refractivity contribution >= 4 is 29.5 Å². The minimum atomic E-state index is 0.625. The van der Waals surface area contributed by atoms with Gasteiger partial charge < -0.3 is 14.4 Å². The van der Waals surface area contributed by atoms with Crippen LogP contribution in [0.5, 0.6) is 0 Å². The second-order valence-electron chi connectivity index (χ2n) is 8.34. The Morgan fingerprint density at radius 2 is 1.93 bits per heavy atom. The zero-order chi connectivity index (χ0) is 18.5. The van der Waals surface area contributed by atoms with E-state index in [1.54, 1.807) is 4.90 Å². The Morgan fingerprint density at radius 3 is 2.59 bits per heavy atom. The van der Waals surface area contributed by atoms with E-state index in [1.807, 2.05) is 6.07 Å². The largest absolute Gasteiger partial charge is 0.360 e. The van der Waals surface area contributed by atoms with Crippen LogP contribution in [0, 0.1) is 11.7 Å². The fraction of sp³-hybridized carbons (Fsp3) is 0.600. The van der Waals surface area contributed by atoms with E-state index < -0.39 is 0 Å². The van der Waals surface area contributed by atoms with Gasteiger partial charge in [0.25, 0.3) is 0 Å². The third kappa shape index (κ3) is 3.55. The van der Waals surface area contributed by atoms with Crippen LogP contribution in [0.15, 0.2) is 18.2 Å². The van der Waals surface area contributed by atoms with E-state index in [0.29, 0.717) is 12.0 Å². The van der Waals surface area contributed by atoms with Crippen molar-refractivity contribution in [1.82, 2.24) is 14.3 Å². The molecule has 2 heterocycles. The van der Waals surface area contributed by atoms with Crippen LogP contribution in [0.25, 0.3) is 0 Å². The van der Waals surface area contributed by atoms with Gasteiger partial charge in [0.15, 0.2) is 6.67 Å². The summed E-state index contributed by atoms with van der Waals surface area (Å²) in [6, 6.07) is 6.80. The summed E-state index contributed by atoms with van der Waals surface area (Å²) < 4.78 is 5.43. The standard InChI is InChI=1S/C20H26ClN5S/c1-14-2-5-16(21)12-18(14)24-10-8-23(9-11-24)13-25-20(27)26(17-6-7-17)19(22-25)15-3-4-15/h2,5,12,15,17H,3-4,6-11,13H2,1H3/p+1. The lowest BCUT2D eigenvalue weighted by Crippen LogP contribution is -3.14. The summed E-state index contributed by atoms with van der Waals surface area (Å²) in [6.45, 7) is 7.34. The van der Waals surface area contributed by atoms with Crippen molar-refractivity contribution < 1.29 is 4.90 Å². The average Bonchev–Trinajstić information content (AvgIpc) is 3.57. The summed E-state index contributed by atoms with van der Waals surface area (Å²) in [5, 5.41) is 5.77. The molecule has 3 fully saturated rings. The highest BCUT2D eigenvalue weighted by Crippen LogP contribution is 2.44. The van der Waals surface area contributed by atoms with Crippen molar-refractivity contribution in [3.05, 3.63) is 39.4 Å². The first kappa shape index (κ1) is 17.7. The van der Waals surface area contributed by atoms with Gasteiger partial charge in [0, 0.05) is 22.7 Å². The molecule has 0 radical (unpaired) electrons. The second kappa shape index (κ2) is 6.90. The van der Waals surface area contributed by atoms with Crippen molar-refractivity contribution in [3.63, 3.8) is 0 Å². The van der Waals surface area contributed by atoms with E-state index in [1.165, 1.54) is 42.8 Å². The third-order valence-electron chi connectivity index (χ3n) is 6.11. The molecule has 144 valence electrons. The maximum Gasteiger partial charge on any atom is 0.203 e. The first-order chi connectivity index (χ1) is 13.1. The van der Waals surface area contributed by atoms with E-state index in [4.69, 9.17) is 28.9 Å². The maximum atomic E-state index is 6.21. The van der Waals surface area contributed by atoms with Crippen LogP contribution in [-0.2, 0) is 6.67 Å². The molecule has 2 aromatic rings. The van der Waals surface area contributed by atoms with Gasteiger partial charge in [0.1, 0.15) is 5.82 Å². The summed E-state index contributed by atoms with van der Waals surface area (Å²) in [5.41, 5.74) is 2.56. The molecule has 0 amide bonds. The minimum absolute atomic E-state index is 0.625.